The standard InChI is InChI=1S/C11H10BrN3O2/c1-7(8-2-4-9(12)5-3-8)15-6-10(11(16)17)13-14-15/h2-7H,1H3,(H,16,17)/t7-/m0/s1. The first kappa shape index (κ1) is 11.8. The van der Waals surface area contributed by atoms with Crippen molar-refractivity contribution in [2.24, 2.45) is 0 Å². The zero-order valence-corrected chi connectivity index (χ0v) is 10.6. The van der Waals surface area contributed by atoms with E-state index in [1.54, 1.807) is 0 Å². The normalized spacial score (nSPS) is 12.4. The molecule has 0 amide bonds. The van der Waals surface area contributed by atoms with Crippen LogP contribution in [-0.4, -0.2) is 26.1 Å². The number of halogens is 1. The van der Waals surface area contributed by atoms with Crippen LogP contribution in [0.3, 0.4) is 0 Å². The molecule has 17 heavy (non-hydrogen) atoms. The van der Waals surface area contributed by atoms with Gasteiger partial charge in [-0.2, -0.15) is 0 Å². The fourth-order valence-electron chi connectivity index (χ4n) is 1.46. The van der Waals surface area contributed by atoms with Crippen molar-refractivity contribution in [2.45, 2.75) is 13.0 Å². The minimum Gasteiger partial charge on any atom is -0.476 e. The second-order valence-electron chi connectivity index (χ2n) is 3.62. The SMILES string of the molecule is C[C@@H](c1ccc(Br)cc1)n1cc(C(=O)O)nn1. The summed E-state index contributed by atoms with van der Waals surface area (Å²) in [4.78, 5) is 10.7. The summed E-state index contributed by atoms with van der Waals surface area (Å²) in [6.07, 6.45) is 1.43. The van der Waals surface area contributed by atoms with Gasteiger partial charge in [-0.3, -0.25) is 0 Å². The van der Waals surface area contributed by atoms with Crippen molar-refractivity contribution in [3.63, 3.8) is 0 Å². The van der Waals surface area contributed by atoms with Gasteiger partial charge in [-0.05, 0) is 24.6 Å². The van der Waals surface area contributed by atoms with Gasteiger partial charge in [0.15, 0.2) is 5.69 Å². The van der Waals surface area contributed by atoms with Crippen molar-refractivity contribution in [1.82, 2.24) is 15.0 Å². The number of carboxylic acid groups (broad SMARTS) is 1. The van der Waals surface area contributed by atoms with Gasteiger partial charge in [0.2, 0.25) is 0 Å². The Kier molecular flexibility index (Phi) is 3.23. The molecule has 5 nitrogen and oxygen atoms in total. The maximum absolute atomic E-state index is 10.7. The predicted octanol–water partition coefficient (Wildman–Crippen LogP) is 2.35. The van der Waals surface area contributed by atoms with Crippen LogP contribution >= 0.6 is 15.9 Å². The maximum Gasteiger partial charge on any atom is 0.358 e. The van der Waals surface area contributed by atoms with Crippen LogP contribution in [0.1, 0.15) is 29.0 Å². The van der Waals surface area contributed by atoms with Crippen LogP contribution in [0.15, 0.2) is 34.9 Å². The molecule has 1 heterocycles. The summed E-state index contributed by atoms with van der Waals surface area (Å²) in [6.45, 7) is 1.93. The third-order valence-corrected chi connectivity index (χ3v) is 3.01. The summed E-state index contributed by atoms with van der Waals surface area (Å²) in [5.41, 5.74) is 0.990. The summed E-state index contributed by atoms with van der Waals surface area (Å²) in [7, 11) is 0. The zero-order valence-electron chi connectivity index (χ0n) is 9.04. The van der Waals surface area contributed by atoms with Gasteiger partial charge in [0.25, 0.3) is 0 Å². The highest BCUT2D eigenvalue weighted by Crippen LogP contribution is 2.19. The molecule has 0 unspecified atom stereocenters. The van der Waals surface area contributed by atoms with Gasteiger partial charge in [-0.15, -0.1) is 5.10 Å². The molecule has 1 aromatic carbocycles. The van der Waals surface area contributed by atoms with E-state index < -0.39 is 5.97 Å². The molecule has 2 rings (SSSR count). The smallest absolute Gasteiger partial charge is 0.358 e. The molecule has 2 aromatic rings. The lowest BCUT2D eigenvalue weighted by Crippen LogP contribution is -2.07. The van der Waals surface area contributed by atoms with E-state index in [2.05, 4.69) is 26.2 Å². The van der Waals surface area contributed by atoms with Crippen molar-refractivity contribution in [3.8, 4) is 0 Å². The highest BCUT2D eigenvalue weighted by molar-refractivity contribution is 9.10. The predicted molar refractivity (Wildman–Crippen MR) is 64.9 cm³/mol. The molecular weight excluding hydrogens is 286 g/mol. The lowest BCUT2D eigenvalue weighted by Gasteiger charge is -2.11. The van der Waals surface area contributed by atoms with E-state index in [1.807, 2.05) is 31.2 Å². The molecule has 1 N–H and O–H groups in total. The summed E-state index contributed by atoms with van der Waals surface area (Å²) in [5, 5.41) is 16.2. The van der Waals surface area contributed by atoms with Crippen LogP contribution in [0.5, 0.6) is 0 Å². The molecule has 0 aliphatic rings. The first-order valence-corrected chi connectivity index (χ1v) is 5.78. The highest BCUT2D eigenvalue weighted by atomic mass is 79.9. The number of aromatic nitrogens is 3. The molecule has 0 aliphatic heterocycles. The Balaban J connectivity index is 2.27. The largest absolute Gasteiger partial charge is 0.476 e. The fraction of sp³-hybridized carbons (Fsp3) is 0.182. The van der Waals surface area contributed by atoms with E-state index >= 15 is 0 Å². The summed E-state index contributed by atoms with van der Waals surface area (Å²) in [5.74, 6) is -1.07. The van der Waals surface area contributed by atoms with Crippen molar-refractivity contribution >= 4 is 21.9 Å². The van der Waals surface area contributed by atoms with Crippen molar-refractivity contribution in [3.05, 3.63) is 46.2 Å². The number of aromatic carboxylic acids is 1. The molecule has 0 bridgehead atoms. The molecule has 0 fully saturated rings. The van der Waals surface area contributed by atoms with Crippen molar-refractivity contribution in [1.29, 1.82) is 0 Å². The van der Waals surface area contributed by atoms with Crippen LogP contribution in [0, 0.1) is 0 Å². The average Bonchev–Trinajstić information content (AvgIpc) is 2.78. The zero-order chi connectivity index (χ0) is 12.4. The molecule has 6 heteroatoms. The van der Waals surface area contributed by atoms with E-state index in [4.69, 9.17) is 5.11 Å². The maximum atomic E-state index is 10.7. The van der Waals surface area contributed by atoms with E-state index in [0.717, 1.165) is 10.0 Å². The van der Waals surface area contributed by atoms with Crippen LogP contribution in [0.25, 0.3) is 0 Å². The number of carbonyl (C=O) groups is 1. The van der Waals surface area contributed by atoms with Crippen LogP contribution < -0.4 is 0 Å². The molecule has 0 spiro atoms. The van der Waals surface area contributed by atoms with Gasteiger partial charge in [0.1, 0.15) is 0 Å². The minimum absolute atomic E-state index is 0.0473. The highest BCUT2D eigenvalue weighted by Gasteiger charge is 2.13. The van der Waals surface area contributed by atoms with E-state index in [9.17, 15) is 4.79 Å². The number of hydrogen-bond donors (Lipinski definition) is 1. The fourth-order valence-corrected chi connectivity index (χ4v) is 1.72. The Labute approximate surface area is 106 Å². The lowest BCUT2D eigenvalue weighted by atomic mass is 10.1. The van der Waals surface area contributed by atoms with Gasteiger partial charge in [0.05, 0.1) is 12.2 Å². The van der Waals surface area contributed by atoms with Crippen LogP contribution in [0.2, 0.25) is 0 Å². The Bertz CT molecular complexity index is 536. The van der Waals surface area contributed by atoms with Gasteiger partial charge >= 0.3 is 5.97 Å². The molecule has 88 valence electrons. The number of carboxylic acids is 1. The van der Waals surface area contributed by atoms with Gasteiger partial charge in [0, 0.05) is 4.47 Å². The summed E-state index contributed by atoms with van der Waals surface area (Å²) in [6, 6.07) is 7.72. The first-order chi connectivity index (χ1) is 8.08. The molecule has 0 saturated carbocycles. The Morgan fingerprint density at radius 3 is 2.59 bits per heavy atom. The molecular formula is C11H10BrN3O2. The van der Waals surface area contributed by atoms with Gasteiger partial charge in [-0.1, -0.05) is 33.3 Å². The topological polar surface area (TPSA) is 68.0 Å². The average molecular weight is 296 g/mol. The van der Waals surface area contributed by atoms with Crippen molar-refractivity contribution in [2.75, 3.05) is 0 Å². The van der Waals surface area contributed by atoms with E-state index in [0.29, 0.717) is 0 Å². The number of nitrogens with zero attached hydrogens (tertiary/aromatic N) is 3. The minimum atomic E-state index is -1.07. The molecule has 0 aliphatic carbocycles. The quantitative estimate of drug-likeness (QED) is 0.944. The second kappa shape index (κ2) is 4.67. The summed E-state index contributed by atoms with van der Waals surface area (Å²) >= 11 is 3.36. The Morgan fingerprint density at radius 1 is 1.41 bits per heavy atom. The molecule has 1 aromatic heterocycles. The number of rotatable bonds is 3. The summed E-state index contributed by atoms with van der Waals surface area (Å²) < 4.78 is 2.53. The van der Waals surface area contributed by atoms with Gasteiger partial charge < -0.3 is 5.11 Å². The third kappa shape index (κ3) is 2.52. The third-order valence-electron chi connectivity index (χ3n) is 2.48. The number of benzene rings is 1. The molecule has 1 atom stereocenters. The van der Waals surface area contributed by atoms with E-state index in [-0.39, 0.29) is 11.7 Å². The van der Waals surface area contributed by atoms with Crippen LogP contribution in [-0.2, 0) is 0 Å². The molecule has 0 radical (unpaired) electrons. The second-order valence-corrected chi connectivity index (χ2v) is 4.53. The van der Waals surface area contributed by atoms with Gasteiger partial charge in [-0.25, -0.2) is 9.48 Å². The number of hydrogen-bond acceptors (Lipinski definition) is 3. The Morgan fingerprint density at radius 2 is 2.06 bits per heavy atom. The molecule has 0 saturated heterocycles. The lowest BCUT2D eigenvalue weighted by molar-refractivity contribution is 0.0690. The van der Waals surface area contributed by atoms with E-state index in [1.165, 1.54) is 10.9 Å². The first-order valence-electron chi connectivity index (χ1n) is 4.98. The Hall–Kier alpha value is -1.69. The van der Waals surface area contributed by atoms with Crippen LogP contribution in [0.4, 0.5) is 0 Å². The monoisotopic (exact) mass is 295 g/mol. The van der Waals surface area contributed by atoms with Crippen molar-refractivity contribution < 1.29 is 9.90 Å².